The molecule has 0 aliphatic rings. The highest BCUT2D eigenvalue weighted by Gasteiger charge is 2.44. The van der Waals surface area contributed by atoms with Gasteiger partial charge >= 0.3 is 11.9 Å². The lowest BCUT2D eigenvalue weighted by atomic mass is 10.3. The third kappa shape index (κ3) is 5.69. The summed E-state index contributed by atoms with van der Waals surface area (Å²) in [7, 11) is 0. The summed E-state index contributed by atoms with van der Waals surface area (Å²) in [4.78, 5) is 23.8. The van der Waals surface area contributed by atoms with Gasteiger partial charge in [-0.2, -0.15) is 18.3 Å². The number of halogens is 3. The van der Waals surface area contributed by atoms with E-state index in [2.05, 4.69) is 15.3 Å². The zero-order valence-electron chi connectivity index (χ0n) is 14.4. The van der Waals surface area contributed by atoms with E-state index in [-0.39, 0.29) is 5.69 Å². The molecule has 0 aliphatic heterocycles. The van der Waals surface area contributed by atoms with Crippen molar-refractivity contribution in [2.45, 2.75) is 39.9 Å². The van der Waals surface area contributed by atoms with Gasteiger partial charge in [-0.1, -0.05) is 13.8 Å². The highest BCUT2D eigenvalue weighted by atomic mass is 19.4. The van der Waals surface area contributed by atoms with E-state index in [0.29, 0.717) is 17.6 Å². The van der Waals surface area contributed by atoms with Gasteiger partial charge in [0.05, 0.1) is 4.92 Å². The average Bonchev–Trinajstić information content (AvgIpc) is 2.84. The fraction of sp³-hybridized carbons (Fsp3) is 0.714. The molecule has 25 heavy (non-hydrogen) atoms. The van der Waals surface area contributed by atoms with Crippen molar-refractivity contribution in [3.8, 4) is 0 Å². The summed E-state index contributed by atoms with van der Waals surface area (Å²) >= 11 is 0. The van der Waals surface area contributed by atoms with Crippen molar-refractivity contribution in [2.75, 3.05) is 26.2 Å². The minimum atomic E-state index is -4.96. The normalized spacial score (nSPS) is 11.8. The Labute approximate surface area is 143 Å². The number of amides is 1. The lowest BCUT2D eigenvalue weighted by Gasteiger charge is -2.17. The Morgan fingerprint density at radius 1 is 1.36 bits per heavy atom. The molecule has 1 amide bonds. The van der Waals surface area contributed by atoms with Crippen molar-refractivity contribution in [1.82, 2.24) is 20.0 Å². The predicted molar refractivity (Wildman–Crippen MR) is 84.0 cm³/mol. The Bertz CT molecular complexity index is 612. The van der Waals surface area contributed by atoms with Gasteiger partial charge in [-0.25, -0.2) is 0 Å². The molecule has 8 nitrogen and oxygen atoms in total. The zero-order valence-corrected chi connectivity index (χ0v) is 14.4. The molecule has 1 aromatic heterocycles. The number of hydrogen-bond acceptors (Lipinski definition) is 5. The molecule has 0 aromatic carbocycles. The van der Waals surface area contributed by atoms with Gasteiger partial charge in [0.2, 0.25) is 11.6 Å². The molecule has 1 heterocycles. The summed E-state index contributed by atoms with van der Waals surface area (Å²) in [5.41, 5.74) is -3.03. The van der Waals surface area contributed by atoms with E-state index in [0.717, 1.165) is 26.6 Å². The van der Waals surface area contributed by atoms with Crippen LogP contribution in [0.1, 0.15) is 31.7 Å². The molecule has 11 heteroatoms. The maximum absolute atomic E-state index is 12.8. The van der Waals surface area contributed by atoms with Gasteiger partial charge in [0, 0.05) is 6.54 Å². The maximum Gasteiger partial charge on any atom is 0.442 e. The van der Waals surface area contributed by atoms with Crippen LogP contribution in [0.3, 0.4) is 0 Å². The van der Waals surface area contributed by atoms with E-state index in [1.165, 1.54) is 0 Å². The zero-order chi connectivity index (χ0) is 19.2. The molecule has 0 radical (unpaired) electrons. The molecule has 0 bridgehead atoms. The molecular weight excluding hydrogens is 343 g/mol. The summed E-state index contributed by atoms with van der Waals surface area (Å²) in [5.74, 6) is -0.547. The van der Waals surface area contributed by atoms with Crippen LogP contribution in [-0.2, 0) is 17.5 Å². The van der Waals surface area contributed by atoms with Gasteiger partial charge in [-0.3, -0.25) is 19.6 Å². The summed E-state index contributed by atoms with van der Waals surface area (Å²) in [6.07, 6.45) is -4.27. The standard InChI is InChI=1S/C14H22F3N5O3/c1-4-20(5-2)8-6-7-18-11(23)9-21-10(3)12(22(24)25)13(19-21)14(15,16)17/h4-9H2,1-3H3,(H,18,23). The minimum absolute atomic E-state index is 0.310. The second-order valence-electron chi connectivity index (χ2n) is 5.43. The third-order valence-electron chi connectivity index (χ3n) is 3.79. The quantitative estimate of drug-likeness (QED) is 0.410. The molecule has 0 spiro atoms. The van der Waals surface area contributed by atoms with Gasteiger partial charge < -0.3 is 10.2 Å². The van der Waals surface area contributed by atoms with E-state index < -0.39 is 34.9 Å². The number of alkyl halides is 3. The third-order valence-corrected chi connectivity index (χ3v) is 3.79. The molecule has 0 fully saturated rings. The molecule has 1 aromatic rings. The van der Waals surface area contributed by atoms with Crippen molar-refractivity contribution < 1.29 is 22.9 Å². The van der Waals surface area contributed by atoms with E-state index >= 15 is 0 Å². The van der Waals surface area contributed by atoms with Crippen LogP contribution < -0.4 is 5.32 Å². The number of rotatable bonds is 9. The van der Waals surface area contributed by atoms with Crippen LogP contribution >= 0.6 is 0 Å². The largest absolute Gasteiger partial charge is 0.442 e. The Morgan fingerprint density at radius 2 is 1.96 bits per heavy atom. The number of hydrogen-bond donors (Lipinski definition) is 1. The van der Waals surface area contributed by atoms with Crippen LogP contribution in [0.5, 0.6) is 0 Å². The second-order valence-corrected chi connectivity index (χ2v) is 5.43. The van der Waals surface area contributed by atoms with Gasteiger partial charge in [-0.15, -0.1) is 0 Å². The van der Waals surface area contributed by atoms with Crippen molar-refractivity contribution in [1.29, 1.82) is 0 Å². The maximum atomic E-state index is 12.8. The van der Waals surface area contributed by atoms with Crippen LogP contribution in [0.2, 0.25) is 0 Å². The number of nitro groups is 1. The first-order valence-electron chi connectivity index (χ1n) is 7.89. The fourth-order valence-corrected chi connectivity index (χ4v) is 2.36. The number of carbonyl (C=O) groups excluding carboxylic acids is 1. The van der Waals surface area contributed by atoms with Crippen molar-refractivity contribution in [2.24, 2.45) is 0 Å². The molecule has 1 N–H and O–H groups in total. The summed E-state index contributed by atoms with van der Waals surface area (Å²) in [6, 6.07) is 0. The minimum Gasteiger partial charge on any atom is -0.354 e. The summed E-state index contributed by atoms with van der Waals surface area (Å²) in [6.45, 7) is 7.60. The SMILES string of the molecule is CCN(CC)CCCNC(=O)Cn1nc(C(F)(F)F)c([N+](=O)[O-])c1C. The smallest absolute Gasteiger partial charge is 0.354 e. The fourth-order valence-electron chi connectivity index (χ4n) is 2.36. The number of nitrogens with zero attached hydrogens (tertiary/aromatic N) is 4. The topological polar surface area (TPSA) is 93.3 Å². The first kappa shape index (κ1) is 20.9. The van der Waals surface area contributed by atoms with Gasteiger partial charge in [-0.05, 0) is 33.0 Å². The molecule has 142 valence electrons. The first-order valence-corrected chi connectivity index (χ1v) is 7.89. The Hall–Kier alpha value is -2.17. The molecule has 0 saturated heterocycles. The van der Waals surface area contributed by atoms with Crippen LogP contribution in [0.15, 0.2) is 0 Å². The van der Waals surface area contributed by atoms with Gasteiger partial charge in [0.1, 0.15) is 12.2 Å². The lowest BCUT2D eigenvalue weighted by molar-refractivity contribution is -0.388. The second kappa shape index (κ2) is 8.79. The molecule has 0 saturated carbocycles. The molecule has 0 atom stereocenters. The van der Waals surface area contributed by atoms with Crippen LogP contribution in [0.25, 0.3) is 0 Å². The predicted octanol–water partition coefficient (Wildman–Crippen LogP) is 1.97. The van der Waals surface area contributed by atoms with E-state index in [1.807, 2.05) is 13.8 Å². The van der Waals surface area contributed by atoms with E-state index in [9.17, 15) is 28.1 Å². The molecule has 0 aliphatic carbocycles. The summed E-state index contributed by atoms with van der Waals surface area (Å²) < 4.78 is 39.2. The highest BCUT2D eigenvalue weighted by Crippen LogP contribution is 2.36. The Balaban J connectivity index is 2.70. The Morgan fingerprint density at radius 3 is 2.40 bits per heavy atom. The van der Waals surface area contributed by atoms with E-state index in [1.54, 1.807) is 0 Å². The highest BCUT2D eigenvalue weighted by molar-refractivity contribution is 5.75. The van der Waals surface area contributed by atoms with Gasteiger partial charge in [0.15, 0.2) is 0 Å². The van der Waals surface area contributed by atoms with E-state index in [4.69, 9.17) is 0 Å². The number of carbonyl (C=O) groups is 1. The van der Waals surface area contributed by atoms with Crippen molar-refractivity contribution in [3.05, 3.63) is 21.5 Å². The molecule has 1 rings (SSSR count). The molecular formula is C14H22F3N5O3. The lowest BCUT2D eigenvalue weighted by Crippen LogP contribution is -2.32. The van der Waals surface area contributed by atoms with Crippen molar-refractivity contribution >= 4 is 11.6 Å². The van der Waals surface area contributed by atoms with Gasteiger partial charge in [0.25, 0.3) is 0 Å². The van der Waals surface area contributed by atoms with Crippen LogP contribution in [-0.4, -0.2) is 51.7 Å². The Kier molecular flexibility index (Phi) is 7.34. The number of nitrogens with one attached hydrogen (secondary N) is 1. The molecule has 0 unspecified atom stereocenters. The van der Waals surface area contributed by atoms with Crippen molar-refractivity contribution in [3.63, 3.8) is 0 Å². The number of aromatic nitrogens is 2. The van der Waals surface area contributed by atoms with Crippen LogP contribution in [0, 0.1) is 17.0 Å². The average molecular weight is 365 g/mol. The monoisotopic (exact) mass is 365 g/mol. The van der Waals surface area contributed by atoms with Crippen LogP contribution in [0.4, 0.5) is 18.9 Å². The summed E-state index contributed by atoms with van der Waals surface area (Å²) in [5, 5.41) is 16.7. The first-order chi connectivity index (χ1) is 11.6.